The largest absolute Gasteiger partial charge is 0.491 e. The molecular formula is C17H15ClF3NO2. The van der Waals surface area contributed by atoms with Crippen LogP contribution in [0.1, 0.15) is 29.3 Å². The summed E-state index contributed by atoms with van der Waals surface area (Å²) in [6, 6.07) is 9.15. The van der Waals surface area contributed by atoms with E-state index in [4.69, 9.17) is 16.3 Å². The number of hydrogen-bond donors (Lipinski definition) is 1. The number of anilines is 1. The van der Waals surface area contributed by atoms with Gasteiger partial charge in [-0.05, 0) is 36.8 Å². The first kappa shape index (κ1) is 18.1. The maximum atomic E-state index is 13.0. The Hall–Kier alpha value is -2.21. The van der Waals surface area contributed by atoms with Crippen LogP contribution in [0.15, 0.2) is 42.5 Å². The molecule has 2 aromatic carbocycles. The van der Waals surface area contributed by atoms with Crippen molar-refractivity contribution in [2.75, 3.05) is 11.9 Å². The second kappa shape index (κ2) is 7.57. The van der Waals surface area contributed by atoms with Gasteiger partial charge in [0.15, 0.2) is 0 Å². The van der Waals surface area contributed by atoms with Crippen LogP contribution in [0.5, 0.6) is 5.75 Å². The zero-order valence-corrected chi connectivity index (χ0v) is 13.5. The Morgan fingerprint density at radius 1 is 1.21 bits per heavy atom. The number of hydrogen-bond acceptors (Lipinski definition) is 2. The van der Waals surface area contributed by atoms with Crippen LogP contribution in [0.25, 0.3) is 0 Å². The van der Waals surface area contributed by atoms with Crippen LogP contribution in [0.2, 0.25) is 5.02 Å². The van der Waals surface area contributed by atoms with Gasteiger partial charge in [0.05, 0.1) is 23.4 Å². The highest BCUT2D eigenvalue weighted by molar-refractivity contribution is 6.31. The second-order valence-corrected chi connectivity index (χ2v) is 5.42. The number of ether oxygens (including phenoxy) is 1. The lowest BCUT2D eigenvalue weighted by atomic mass is 10.1. The predicted octanol–water partition coefficient (Wildman–Crippen LogP) is 5.40. The number of rotatable bonds is 5. The van der Waals surface area contributed by atoms with E-state index < -0.39 is 23.2 Å². The van der Waals surface area contributed by atoms with Crippen molar-refractivity contribution < 1.29 is 22.7 Å². The van der Waals surface area contributed by atoms with Crippen LogP contribution in [0, 0.1) is 0 Å². The number of nitrogens with one attached hydrogen (secondary N) is 1. The summed E-state index contributed by atoms with van der Waals surface area (Å²) < 4.78 is 44.6. The molecule has 0 aliphatic carbocycles. The standard InChI is InChI=1S/C17H15ClF3NO2/c1-2-9-24-15-8-7-11(18)10-14(15)22-16(23)12-5-3-4-6-13(12)17(19,20)21/h3-8,10H,2,9H2,1H3,(H,22,23). The average Bonchev–Trinajstić information content (AvgIpc) is 2.53. The molecule has 1 amide bonds. The van der Waals surface area contributed by atoms with Crippen LogP contribution < -0.4 is 10.1 Å². The molecular weight excluding hydrogens is 343 g/mol. The van der Waals surface area contributed by atoms with Gasteiger partial charge in [-0.25, -0.2) is 0 Å². The molecule has 0 aliphatic rings. The molecule has 0 atom stereocenters. The fourth-order valence-corrected chi connectivity index (χ4v) is 2.23. The molecule has 0 saturated carbocycles. The lowest BCUT2D eigenvalue weighted by Crippen LogP contribution is -2.19. The van der Waals surface area contributed by atoms with E-state index in [0.717, 1.165) is 18.6 Å². The van der Waals surface area contributed by atoms with Crippen molar-refractivity contribution in [3.63, 3.8) is 0 Å². The summed E-state index contributed by atoms with van der Waals surface area (Å²) in [5.41, 5.74) is -1.25. The molecule has 24 heavy (non-hydrogen) atoms. The van der Waals surface area contributed by atoms with E-state index in [2.05, 4.69) is 5.32 Å². The molecule has 0 fully saturated rings. The molecule has 2 aromatic rings. The second-order valence-electron chi connectivity index (χ2n) is 4.99. The summed E-state index contributed by atoms with van der Waals surface area (Å²) >= 11 is 5.90. The lowest BCUT2D eigenvalue weighted by molar-refractivity contribution is -0.137. The maximum absolute atomic E-state index is 13.0. The fourth-order valence-electron chi connectivity index (χ4n) is 2.06. The first-order valence-electron chi connectivity index (χ1n) is 7.23. The van der Waals surface area contributed by atoms with Gasteiger partial charge in [-0.2, -0.15) is 13.2 Å². The van der Waals surface area contributed by atoms with E-state index in [-0.39, 0.29) is 5.69 Å². The van der Waals surface area contributed by atoms with E-state index in [1.54, 1.807) is 12.1 Å². The summed E-state index contributed by atoms with van der Waals surface area (Å²) in [5.74, 6) is -0.536. The van der Waals surface area contributed by atoms with E-state index in [1.165, 1.54) is 18.2 Å². The van der Waals surface area contributed by atoms with E-state index in [9.17, 15) is 18.0 Å². The van der Waals surface area contributed by atoms with Gasteiger partial charge in [0.25, 0.3) is 5.91 Å². The van der Waals surface area contributed by atoms with Crippen LogP contribution in [0.4, 0.5) is 18.9 Å². The third-order valence-electron chi connectivity index (χ3n) is 3.13. The minimum absolute atomic E-state index is 0.220. The highest BCUT2D eigenvalue weighted by atomic mass is 35.5. The molecule has 0 radical (unpaired) electrons. The van der Waals surface area contributed by atoms with Gasteiger partial charge in [0.2, 0.25) is 0 Å². The Balaban J connectivity index is 2.32. The fraction of sp³-hybridized carbons (Fsp3) is 0.235. The van der Waals surface area contributed by atoms with Crippen LogP contribution in [0.3, 0.4) is 0 Å². The third-order valence-corrected chi connectivity index (χ3v) is 3.36. The van der Waals surface area contributed by atoms with Crippen molar-refractivity contribution in [1.29, 1.82) is 0 Å². The molecule has 0 saturated heterocycles. The monoisotopic (exact) mass is 357 g/mol. The Morgan fingerprint density at radius 3 is 2.58 bits per heavy atom. The molecule has 128 valence electrons. The average molecular weight is 358 g/mol. The van der Waals surface area contributed by atoms with Crippen LogP contribution in [-0.4, -0.2) is 12.5 Å². The molecule has 0 heterocycles. The van der Waals surface area contributed by atoms with Crippen molar-refractivity contribution in [1.82, 2.24) is 0 Å². The maximum Gasteiger partial charge on any atom is 0.417 e. The third kappa shape index (κ3) is 4.41. The Labute approximate surface area is 142 Å². The summed E-state index contributed by atoms with van der Waals surface area (Å²) in [6.45, 7) is 2.32. The van der Waals surface area contributed by atoms with Crippen molar-refractivity contribution >= 4 is 23.2 Å². The smallest absolute Gasteiger partial charge is 0.417 e. The minimum Gasteiger partial charge on any atom is -0.491 e. The topological polar surface area (TPSA) is 38.3 Å². The van der Waals surface area contributed by atoms with Crippen molar-refractivity contribution in [3.8, 4) is 5.75 Å². The van der Waals surface area contributed by atoms with Gasteiger partial charge in [0, 0.05) is 5.02 Å². The number of benzene rings is 2. The van der Waals surface area contributed by atoms with Crippen LogP contribution in [-0.2, 0) is 6.18 Å². The van der Waals surface area contributed by atoms with Gasteiger partial charge in [-0.1, -0.05) is 30.7 Å². The highest BCUT2D eigenvalue weighted by Crippen LogP contribution is 2.33. The van der Waals surface area contributed by atoms with E-state index in [1.807, 2.05) is 6.92 Å². The SMILES string of the molecule is CCCOc1ccc(Cl)cc1NC(=O)c1ccccc1C(F)(F)F. The number of carbonyl (C=O) groups is 1. The Bertz CT molecular complexity index is 732. The molecule has 0 bridgehead atoms. The van der Waals surface area contributed by atoms with Gasteiger partial charge < -0.3 is 10.1 Å². The van der Waals surface area contributed by atoms with E-state index in [0.29, 0.717) is 17.4 Å². The molecule has 7 heteroatoms. The summed E-state index contributed by atoms with van der Waals surface area (Å²) in [5, 5.41) is 2.77. The van der Waals surface area contributed by atoms with Gasteiger partial charge in [-0.3, -0.25) is 4.79 Å². The highest BCUT2D eigenvalue weighted by Gasteiger charge is 2.34. The lowest BCUT2D eigenvalue weighted by Gasteiger charge is -2.15. The predicted molar refractivity (Wildman–Crippen MR) is 86.6 cm³/mol. The molecule has 0 unspecified atom stereocenters. The van der Waals surface area contributed by atoms with Crippen molar-refractivity contribution in [2.24, 2.45) is 0 Å². The molecule has 0 aliphatic heterocycles. The van der Waals surface area contributed by atoms with Crippen LogP contribution >= 0.6 is 11.6 Å². The zero-order chi connectivity index (χ0) is 17.7. The summed E-state index contributed by atoms with van der Waals surface area (Å²) in [4.78, 5) is 12.3. The number of alkyl halides is 3. The molecule has 2 rings (SSSR count). The van der Waals surface area contributed by atoms with Gasteiger partial charge in [-0.15, -0.1) is 0 Å². The number of amides is 1. The van der Waals surface area contributed by atoms with Crippen molar-refractivity contribution in [3.05, 3.63) is 58.6 Å². The molecule has 0 spiro atoms. The zero-order valence-electron chi connectivity index (χ0n) is 12.8. The first-order chi connectivity index (χ1) is 11.3. The first-order valence-corrected chi connectivity index (χ1v) is 7.60. The Morgan fingerprint density at radius 2 is 1.92 bits per heavy atom. The molecule has 0 aromatic heterocycles. The quantitative estimate of drug-likeness (QED) is 0.778. The van der Waals surface area contributed by atoms with E-state index >= 15 is 0 Å². The molecule has 1 N–H and O–H groups in total. The minimum atomic E-state index is -4.62. The van der Waals surface area contributed by atoms with Gasteiger partial charge >= 0.3 is 6.18 Å². The van der Waals surface area contributed by atoms with Crippen molar-refractivity contribution in [2.45, 2.75) is 19.5 Å². The summed E-state index contributed by atoms with van der Waals surface area (Å²) in [7, 11) is 0. The normalized spacial score (nSPS) is 11.2. The number of carbonyl (C=O) groups excluding carboxylic acids is 1. The summed E-state index contributed by atoms with van der Waals surface area (Å²) in [6.07, 6.45) is -3.88. The Kier molecular flexibility index (Phi) is 5.72. The van der Waals surface area contributed by atoms with Gasteiger partial charge in [0.1, 0.15) is 5.75 Å². The molecule has 3 nitrogen and oxygen atoms in total. The number of halogens is 4.